The zero-order chi connectivity index (χ0) is 8.97. The summed E-state index contributed by atoms with van der Waals surface area (Å²) in [5, 5.41) is 28.7. The highest BCUT2D eigenvalue weighted by molar-refractivity contribution is 6.60. The molecule has 62 valence electrons. The van der Waals surface area contributed by atoms with Crippen molar-refractivity contribution in [3.05, 3.63) is 29.8 Å². The predicted molar refractivity (Wildman–Crippen MR) is 45.6 cm³/mol. The van der Waals surface area contributed by atoms with Crippen LogP contribution in [0.4, 0.5) is 0 Å². The van der Waals surface area contributed by atoms with Crippen LogP contribution in [0.15, 0.2) is 29.4 Å². The van der Waals surface area contributed by atoms with Crippen molar-refractivity contribution in [3.63, 3.8) is 0 Å². The van der Waals surface area contributed by atoms with Crippen LogP contribution in [-0.2, 0) is 0 Å². The Labute approximate surface area is 69.9 Å². The quantitative estimate of drug-likeness (QED) is 0.232. The van der Waals surface area contributed by atoms with Crippen LogP contribution in [0.1, 0.15) is 5.56 Å². The molecule has 0 aliphatic heterocycles. The summed E-state index contributed by atoms with van der Waals surface area (Å²) in [6.07, 6.45) is 1.15. The minimum absolute atomic E-state index is 0.315. The third-order valence-corrected chi connectivity index (χ3v) is 1.47. The molecule has 3 N–H and O–H groups in total. The monoisotopic (exact) mass is 165 g/mol. The van der Waals surface area contributed by atoms with Crippen molar-refractivity contribution in [2.75, 3.05) is 0 Å². The molecule has 0 spiro atoms. The lowest BCUT2D eigenvalue weighted by Gasteiger charge is -2.01. The lowest BCUT2D eigenvalue weighted by molar-refractivity contribution is 0.322. The van der Waals surface area contributed by atoms with Gasteiger partial charge in [-0.15, -0.1) is 0 Å². The van der Waals surface area contributed by atoms with Gasteiger partial charge in [-0.05, 0) is 11.0 Å². The minimum Gasteiger partial charge on any atom is -0.423 e. The van der Waals surface area contributed by atoms with Gasteiger partial charge < -0.3 is 15.3 Å². The van der Waals surface area contributed by atoms with Gasteiger partial charge in [0.2, 0.25) is 0 Å². The molecule has 0 heterocycles. The second kappa shape index (κ2) is 3.89. The van der Waals surface area contributed by atoms with Crippen LogP contribution in [0.2, 0.25) is 0 Å². The van der Waals surface area contributed by atoms with E-state index in [2.05, 4.69) is 5.16 Å². The summed E-state index contributed by atoms with van der Waals surface area (Å²) in [6, 6.07) is 6.54. The van der Waals surface area contributed by atoms with Crippen molar-refractivity contribution < 1.29 is 15.3 Å². The fourth-order valence-corrected chi connectivity index (χ4v) is 0.926. The van der Waals surface area contributed by atoms with Crippen LogP contribution in [-0.4, -0.2) is 28.6 Å². The molecule has 12 heavy (non-hydrogen) atoms. The molecule has 0 saturated heterocycles. The lowest BCUT2D eigenvalue weighted by Crippen LogP contribution is -2.32. The number of hydrogen-bond acceptors (Lipinski definition) is 4. The predicted octanol–water partition coefficient (Wildman–Crippen LogP) is -0.826. The maximum absolute atomic E-state index is 8.84. The van der Waals surface area contributed by atoms with Gasteiger partial charge in [-0.2, -0.15) is 0 Å². The van der Waals surface area contributed by atoms with E-state index >= 15 is 0 Å². The minimum atomic E-state index is -1.54. The van der Waals surface area contributed by atoms with Crippen LogP contribution < -0.4 is 5.46 Å². The maximum atomic E-state index is 8.84. The number of nitrogens with zero attached hydrogens (tertiary/aromatic N) is 1. The van der Waals surface area contributed by atoms with Gasteiger partial charge in [0.15, 0.2) is 0 Å². The highest BCUT2D eigenvalue weighted by atomic mass is 16.4. The summed E-state index contributed by atoms with van der Waals surface area (Å²) < 4.78 is 0. The number of hydrogen-bond donors (Lipinski definition) is 3. The van der Waals surface area contributed by atoms with Crippen molar-refractivity contribution in [1.82, 2.24) is 0 Å². The van der Waals surface area contributed by atoms with Gasteiger partial charge in [-0.1, -0.05) is 29.4 Å². The Bertz CT molecular complexity index is 288. The molecule has 5 heteroatoms. The van der Waals surface area contributed by atoms with E-state index in [0.717, 1.165) is 6.21 Å². The van der Waals surface area contributed by atoms with Crippen LogP contribution in [0.3, 0.4) is 0 Å². The molecule has 0 aliphatic rings. The van der Waals surface area contributed by atoms with Gasteiger partial charge in [0.1, 0.15) is 0 Å². The maximum Gasteiger partial charge on any atom is 0.489 e. The van der Waals surface area contributed by atoms with Crippen molar-refractivity contribution >= 4 is 18.8 Å². The second-order valence-corrected chi connectivity index (χ2v) is 2.25. The Morgan fingerprint density at radius 3 is 2.50 bits per heavy atom. The molecule has 4 nitrogen and oxygen atoms in total. The fourth-order valence-electron chi connectivity index (χ4n) is 0.926. The van der Waals surface area contributed by atoms with Crippen molar-refractivity contribution in [3.8, 4) is 0 Å². The average Bonchev–Trinajstić information content (AvgIpc) is 2.05. The second-order valence-electron chi connectivity index (χ2n) is 2.25. The Hall–Kier alpha value is -1.33. The first-order chi connectivity index (χ1) is 5.75. The number of oxime groups is 1. The highest BCUT2D eigenvalue weighted by Crippen LogP contribution is 1.92. The smallest absolute Gasteiger partial charge is 0.423 e. The molecular formula is C7H8BNO3. The molecule has 0 fully saturated rings. The van der Waals surface area contributed by atoms with E-state index in [1.54, 1.807) is 24.3 Å². The topological polar surface area (TPSA) is 73.1 Å². The molecule has 0 saturated carbocycles. The summed E-state index contributed by atoms with van der Waals surface area (Å²) in [5.74, 6) is 0. The SMILES string of the molecule is O/N=C/c1ccccc1B(O)O. The van der Waals surface area contributed by atoms with Gasteiger partial charge in [0, 0.05) is 0 Å². The van der Waals surface area contributed by atoms with E-state index in [1.165, 1.54) is 0 Å². The van der Waals surface area contributed by atoms with Crippen LogP contribution in [0.5, 0.6) is 0 Å². The summed E-state index contributed by atoms with van der Waals surface area (Å²) in [6.45, 7) is 0. The molecule has 0 amide bonds. The van der Waals surface area contributed by atoms with E-state index < -0.39 is 7.12 Å². The third-order valence-electron chi connectivity index (χ3n) is 1.47. The van der Waals surface area contributed by atoms with Crippen molar-refractivity contribution in [2.24, 2.45) is 5.16 Å². The normalized spacial score (nSPS) is 10.5. The van der Waals surface area contributed by atoms with Crippen molar-refractivity contribution in [1.29, 1.82) is 0 Å². The fraction of sp³-hybridized carbons (Fsp3) is 0. The summed E-state index contributed by atoms with van der Waals surface area (Å²) in [5.41, 5.74) is 0.797. The third kappa shape index (κ3) is 1.84. The molecule has 0 aliphatic carbocycles. The Balaban J connectivity index is 3.08. The molecular weight excluding hydrogens is 157 g/mol. The molecule has 0 radical (unpaired) electrons. The first-order valence-corrected chi connectivity index (χ1v) is 3.38. The van der Waals surface area contributed by atoms with Gasteiger partial charge >= 0.3 is 7.12 Å². The molecule has 0 aromatic heterocycles. The van der Waals surface area contributed by atoms with Gasteiger partial charge in [0.05, 0.1) is 6.21 Å². The highest BCUT2D eigenvalue weighted by Gasteiger charge is 2.13. The van der Waals surface area contributed by atoms with Crippen LogP contribution >= 0.6 is 0 Å². The first kappa shape index (κ1) is 8.77. The molecule has 1 aromatic rings. The van der Waals surface area contributed by atoms with Crippen LogP contribution in [0.25, 0.3) is 0 Å². The van der Waals surface area contributed by atoms with E-state index in [-0.39, 0.29) is 0 Å². The summed E-state index contributed by atoms with van der Waals surface area (Å²) in [7, 11) is -1.54. The molecule has 0 atom stereocenters. The standard InChI is InChI=1S/C7H8BNO3/c10-8(11)7-4-2-1-3-6(7)5-9-12/h1-5,10-12H/b9-5+. The Morgan fingerprint density at radius 1 is 1.25 bits per heavy atom. The first-order valence-electron chi connectivity index (χ1n) is 3.38. The van der Waals surface area contributed by atoms with Crippen LogP contribution in [0, 0.1) is 0 Å². The summed E-state index contributed by atoms with van der Waals surface area (Å²) >= 11 is 0. The Morgan fingerprint density at radius 2 is 1.92 bits per heavy atom. The van der Waals surface area contributed by atoms with E-state index in [1.807, 2.05) is 0 Å². The van der Waals surface area contributed by atoms with Gasteiger partial charge in [0.25, 0.3) is 0 Å². The van der Waals surface area contributed by atoms with Gasteiger partial charge in [-0.3, -0.25) is 0 Å². The zero-order valence-electron chi connectivity index (χ0n) is 6.25. The van der Waals surface area contributed by atoms with E-state index in [9.17, 15) is 0 Å². The lowest BCUT2D eigenvalue weighted by atomic mass is 9.77. The molecule has 1 rings (SSSR count). The van der Waals surface area contributed by atoms with E-state index in [4.69, 9.17) is 15.3 Å². The summed E-state index contributed by atoms with van der Waals surface area (Å²) in [4.78, 5) is 0. The number of benzene rings is 1. The average molecular weight is 165 g/mol. The Kier molecular flexibility index (Phi) is 2.84. The largest absolute Gasteiger partial charge is 0.489 e. The van der Waals surface area contributed by atoms with Gasteiger partial charge in [-0.25, -0.2) is 0 Å². The van der Waals surface area contributed by atoms with Crippen molar-refractivity contribution in [2.45, 2.75) is 0 Å². The molecule has 0 unspecified atom stereocenters. The number of rotatable bonds is 2. The molecule has 0 bridgehead atoms. The molecule has 1 aromatic carbocycles. The zero-order valence-corrected chi connectivity index (χ0v) is 6.25. The van der Waals surface area contributed by atoms with E-state index in [0.29, 0.717) is 11.0 Å².